The van der Waals surface area contributed by atoms with Crippen LogP contribution in [0.3, 0.4) is 0 Å². The first-order valence-corrected chi connectivity index (χ1v) is 6.31. The lowest BCUT2D eigenvalue weighted by Crippen LogP contribution is -2.13. The van der Waals surface area contributed by atoms with Crippen LogP contribution in [0.1, 0.15) is 11.1 Å². The lowest BCUT2D eigenvalue weighted by Gasteiger charge is -2.13. The molecule has 0 atom stereocenters. The second kappa shape index (κ2) is 5.51. The molecule has 0 saturated heterocycles. The first-order chi connectivity index (χ1) is 8.99. The lowest BCUT2D eigenvalue weighted by molar-refractivity contribution is 0.481. The van der Waals surface area contributed by atoms with Crippen molar-refractivity contribution in [2.75, 3.05) is 0 Å². The van der Waals surface area contributed by atoms with Gasteiger partial charge in [-0.3, -0.25) is 5.41 Å². The van der Waals surface area contributed by atoms with E-state index in [4.69, 9.17) is 39.1 Å². The number of benzene rings is 2. The van der Waals surface area contributed by atoms with E-state index in [1.807, 2.05) is 19.1 Å². The van der Waals surface area contributed by atoms with E-state index in [0.29, 0.717) is 27.1 Å². The fraction of sp³-hybridized carbons (Fsp3) is 0.0714. The average Bonchev–Trinajstić information content (AvgIpc) is 2.33. The maximum Gasteiger partial charge on any atom is 0.146 e. The van der Waals surface area contributed by atoms with Gasteiger partial charge in [0.2, 0.25) is 0 Å². The molecule has 19 heavy (non-hydrogen) atoms. The summed E-state index contributed by atoms with van der Waals surface area (Å²) in [4.78, 5) is 0. The van der Waals surface area contributed by atoms with Gasteiger partial charge >= 0.3 is 0 Å². The van der Waals surface area contributed by atoms with Crippen molar-refractivity contribution < 1.29 is 4.74 Å². The highest BCUT2D eigenvalue weighted by molar-refractivity contribution is 6.34. The lowest BCUT2D eigenvalue weighted by atomic mass is 10.2. The van der Waals surface area contributed by atoms with Gasteiger partial charge in [-0.2, -0.15) is 0 Å². The molecule has 3 N–H and O–H groups in total. The topological polar surface area (TPSA) is 59.1 Å². The second-order valence-electron chi connectivity index (χ2n) is 4.06. The van der Waals surface area contributed by atoms with Gasteiger partial charge in [-0.15, -0.1) is 0 Å². The number of amidine groups is 1. The second-order valence-corrected chi connectivity index (χ2v) is 4.88. The Morgan fingerprint density at radius 2 is 1.84 bits per heavy atom. The molecule has 0 spiro atoms. The standard InChI is InChI=1S/C14H12Cl2N2O/c1-8-5-6-9(15)12(7-8)19-11-4-2-3-10(16)13(11)14(17)18/h2-7H,1H3,(H3,17,18). The van der Waals surface area contributed by atoms with Crippen molar-refractivity contribution in [1.82, 2.24) is 0 Å². The zero-order valence-electron chi connectivity index (χ0n) is 10.2. The van der Waals surface area contributed by atoms with Crippen LogP contribution in [0.5, 0.6) is 11.5 Å². The number of aryl methyl sites for hydroxylation is 1. The van der Waals surface area contributed by atoms with E-state index >= 15 is 0 Å². The van der Waals surface area contributed by atoms with Crippen LogP contribution >= 0.6 is 23.2 Å². The predicted molar refractivity (Wildman–Crippen MR) is 78.7 cm³/mol. The summed E-state index contributed by atoms with van der Waals surface area (Å²) in [5, 5.41) is 8.41. The van der Waals surface area contributed by atoms with E-state index in [2.05, 4.69) is 0 Å². The van der Waals surface area contributed by atoms with Gasteiger partial charge in [-0.1, -0.05) is 35.3 Å². The summed E-state index contributed by atoms with van der Waals surface area (Å²) in [5.41, 5.74) is 6.90. The van der Waals surface area contributed by atoms with Crippen LogP contribution in [0.15, 0.2) is 36.4 Å². The van der Waals surface area contributed by atoms with E-state index < -0.39 is 0 Å². The Hall–Kier alpha value is -1.71. The van der Waals surface area contributed by atoms with Gasteiger partial charge in [0.1, 0.15) is 17.3 Å². The van der Waals surface area contributed by atoms with Crippen molar-refractivity contribution in [3.05, 3.63) is 57.6 Å². The maximum absolute atomic E-state index is 7.56. The molecule has 5 heteroatoms. The maximum atomic E-state index is 7.56. The Bertz CT molecular complexity index is 641. The monoisotopic (exact) mass is 294 g/mol. The number of nitrogens with two attached hydrogens (primary N) is 1. The molecule has 0 radical (unpaired) electrons. The smallest absolute Gasteiger partial charge is 0.146 e. The molecule has 0 aliphatic heterocycles. The van der Waals surface area contributed by atoms with Crippen LogP contribution in [-0.4, -0.2) is 5.84 Å². The molecule has 0 amide bonds. The molecular formula is C14H12Cl2N2O. The first-order valence-electron chi connectivity index (χ1n) is 5.56. The number of nitrogens with one attached hydrogen (secondary N) is 1. The largest absolute Gasteiger partial charge is 0.455 e. The number of hydrogen-bond donors (Lipinski definition) is 2. The summed E-state index contributed by atoms with van der Waals surface area (Å²) in [6, 6.07) is 10.5. The van der Waals surface area contributed by atoms with Crippen molar-refractivity contribution in [2.45, 2.75) is 6.92 Å². The highest BCUT2D eigenvalue weighted by Gasteiger charge is 2.13. The Morgan fingerprint density at radius 1 is 1.11 bits per heavy atom. The fourth-order valence-corrected chi connectivity index (χ4v) is 2.08. The predicted octanol–water partition coefficient (Wildman–Crippen LogP) is 4.38. The van der Waals surface area contributed by atoms with Gasteiger partial charge < -0.3 is 10.5 Å². The number of halogens is 2. The molecule has 2 aromatic rings. The molecule has 2 rings (SSSR count). The summed E-state index contributed by atoms with van der Waals surface area (Å²) in [6.07, 6.45) is 0. The molecule has 0 unspecified atom stereocenters. The minimum Gasteiger partial charge on any atom is -0.455 e. The third-order valence-corrected chi connectivity index (χ3v) is 3.18. The van der Waals surface area contributed by atoms with Crippen molar-refractivity contribution in [2.24, 2.45) is 5.73 Å². The van der Waals surface area contributed by atoms with Gasteiger partial charge in [-0.25, -0.2) is 0 Å². The summed E-state index contributed by atoms with van der Waals surface area (Å²) in [5.74, 6) is 0.767. The van der Waals surface area contributed by atoms with E-state index in [1.54, 1.807) is 24.3 Å². The average molecular weight is 295 g/mol. The molecule has 0 fully saturated rings. The molecule has 0 saturated carbocycles. The van der Waals surface area contributed by atoms with Gasteiger partial charge in [0.15, 0.2) is 0 Å². The molecule has 98 valence electrons. The van der Waals surface area contributed by atoms with Gasteiger partial charge in [0.25, 0.3) is 0 Å². The number of ether oxygens (including phenoxy) is 1. The van der Waals surface area contributed by atoms with Crippen LogP contribution in [0.4, 0.5) is 0 Å². The van der Waals surface area contributed by atoms with Crippen molar-refractivity contribution in [3.8, 4) is 11.5 Å². The highest BCUT2D eigenvalue weighted by Crippen LogP contribution is 2.34. The van der Waals surface area contributed by atoms with Gasteiger partial charge in [-0.05, 0) is 36.8 Å². The normalized spacial score (nSPS) is 10.3. The Labute approximate surface area is 121 Å². The third kappa shape index (κ3) is 3.00. The fourth-order valence-electron chi connectivity index (χ4n) is 1.66. The quantitative estimate of drug-likeness (QED) is 0.652. The van der Waals surface area contributed by atoms with Crippen LogP contribution < -0.4 is 10.5 Å². The van der Waals surface area contributed by atoms with E-state index in [-0.39, 0.29) is 5.84 Å². The van der Waals surface area contributed by atoms with Gasteiger partial charge in [0.05, 0.1) is 15.6 Å². The zero-order chi connectivity index (χ0) is 14.0. The summed E-state index contributed by atoms with van der Waals surface area (Å²) in [6.45, 7) is 1.94. The summed E-state index contributed by atoms with van der Waals surface area (Å²) in [7, 11) is 0. The Morgan fingerprint density at radius 3 is 2.53 bits per heavy atom. The molecule has 0 heterocycles. The minimum atomic E-state index is -0.149. The van der Waals surface area contributed by atoms with Crippen molar-refractivity contribution in [3.63, 3.8) is 0 Å². The summed E-state index contributed by atoms with van der Waals surface area (Å²) < 4.78 is 5.73. The van der Waals surface area contributed by atoms with Crippen molar-refractivity contribution in [1.29, 1.82) is 5.41 Å². The van der Waals surface area contributed by atoms with E-state index in [9.17, 15) is 0 Å². The SMILES string of the molecule is Cc1ccc(Cl)c(Oc2cccc(Cl)c2C(=N)N)c1. The van der Waals surface area contributed by atoms with Crippen LogP contribution in [0.25, 0.3) is 0 Å². The van der Waals surface area contributed by atoms with Crippen LogP contribution in [0, 0.1) is 12.3 Å². The van der Waals surface area contributed by atoms with E-state index in [0.717, 1.165) is 5.56 Å². The Balaban J connectivity index is 2.46. The molecule has 0 aliphatic carbocycles. The molecule has 0 bridgehead atoms. The van der Waals surface area contributed by atoms with Gasteiger partial charge in [0, 0.05) is 0 Å². The Kier molecular flexibility index (Phi) is 3.98. The molecule has 3 nitrogen and oxygen atoms in total. The van der Waals surface area contributed by atoms with Crippen molar-refractivity contribution >= 4 is 29.0 Å². The molecule has 0 aromatic heterocycles. The van der Waals surface area contributed by atoms with Crippen LogP contribution in [0.2, 0.25) is 10.0 Å². The molecule has 2 aromatic carbocycles. The molecular weight excluding hydrogens is 283 g/mol. The summed E-state index contributed by atoms with van der Waals surface area (Å²) >= 11 is 12.1. The third-order valence-electron chi connectivity index (χ3n) is 2.55. The first kappa shape index (κ1) is 13.7. The number of rotatable bonds is 3. The number of nitrogen functional groups attached to an aromatic ring is 1. The minimum absolute atomic E-state index is 0.149. The van der Waals surface area contributed by atoms with Crippen LogP contribution in [-0.2, 0) is 0 Å². The zero-order valence-corrected chi connectivity index (χ0v) is 11.7. The molecule has 0 aliphatic rings. The van der Waals surface area contributed by atoms with E-state index in [1.165, 1.54) is 0 Å². The highest BCUT2D eigenvalue weighted by atomic mass is 35.5. The number of hydrogen-bond acceptors (Lipinski definition) is 2.